The second-order valence-corrected chi connectivity index (χ2v) is 7.52. The maximum absolute atomic E-state index is 13.4. The Bertz CT molecular complexity index is 1110. The summed E-state index contributed by atoms with van der Waals surface area (Å²) in [6, 6.07) is 10.9. The fraction of sp³-hybridized carbons (Fsp3) is 0.136. The van der Waals surface area contributed by atoms with Gasteiger partial charge in [-0.3, -0.25) is 4.79 Å². The number of benzene rings is 2. The molecule has 150 valence electrons. The molecule has 0 amide bonds. The van der Waals surface area contributed by atoms with Gasteiger partial charge in [0.25, 0.3) is 5.56 Å². The number of pyridine rings is 1. The van der Waals surface area contributed by atoms with E-state index in [2.05, 4.69) is 6.58 Å². The number of hydrogen-bond acceptors (Lipinski definition) is 4. The van der Waals surface area contributed by atoms with Gasteiger partial charge in [-0.2, -0.15) is 0 Å². The minimum Gasteiger partial charge on any atom is -0.492 e. The molecule has 0 aliphatic carbocycles. The van der Waals surface area contributed by atoms with E-state index in [1.54, 1.807) is 43.6 Å². The number of nitrogens with zero attached hydrogens (tertiary/aromatic N) is 1. The van der Waals surface area contributed by atoms with Gasteiger partial charge in [-0.25, -0.2) is 4.39 Å². The highest BCUT2D eigenvalue weighted by Gasteiger charge is 2.16. The minimum absolute atomic E-state index is 0.193. The van der Waals surface area contributed by atoms with Crippen LogP contribution in [0.25, 0.3) is 11.1 Å². The third-order valence-electron chi connectivity index (χ3n) is 4.18. The smallest absolute Gasteiger partial charge is 0.254 e. The van der Waals surface area contributed by atoms with Crippen molar-refractivity contribution in [3.63, 3.8) is 0 Å². The van der Waals surface area contributed by atoms with Crippen LogP contribution in [0.3, 0.4) is 0 Å². The van der Waals surface area contributed by atoms with Crippen molar-refractivity contribution in [3.8, 4) is 28.4 Å². The van der Waals surface area contributed by atoms with Crippen LogP contribution in [0.15, 0.2) is 66.1 Å². The molecule has 1 aromatic heterocycles. The van der Waals surface area contributed by atoms with Crippen LogP contribution in [0.5, 0.6) is 17.2 Å². The van der Waals surface area contributed by atoms with Crippen LogP contribution < -0.4 is 20.8 Å². The second-order valence-electron chi connectivity index (χ2n) is 6.36. The lowest BCUT2D eigenvalue weighted by molar-refractivity contribution is 0.325. The third kappa shape index (κ3) is 4.97. The number of rotatable bonds is 7. The number of aromatic nitrogens is 1. The average Bonchev–Trinajstić information content (AvgIpc) is 2.68. The van der Waals surface area contributed by atoms with E-state index in [0.29, 0.717) is 50.7 Å². The molecule has 7 heteroatoms. The molecular weight excluding hydrogens is 486 g/mol. The maximum Gasteiger partial charge on any atom is 0.254 e. The van der Waals surface area contributed by atoms with Gasteiger partial charge in [0.05, 0.1) is 10.2 Å². The molecule has 0 unspecified atom stereocenters. The molecule has 2 N–H and O–H groups in total. The van der Waals surface area contributed by atoms with Crippen molar-refractivity contribution in [3.05, 3.63) is 81.1 Å². The molecule has 3 aromatic rings. The van der Waals surface area contributed by atoms with Crippen LogP contribution >= 0.6 is 22.6 Å². The van der Waals surface area contributed by atoms with E-state index in [-0.39, 0.29) is 11.4 Å². The van der Waals surface area contributed by atoms with E-state index in [0.717, 1.165) is 0 Å². The molecular formula is C22H20FIN2O3. The van der Waals surface area contributed by atoms with E-state index in [1.807, 2.05) is 22.6 Å². The summed E-state index contributed by atoms with van der Waals surface area (Å²) >= 11 is 2.02. The molecule has 0 aliphatic heterocycles. The van der Waals surface area contributed by atoms with Crippen LogP contribution in [0.2, 0.25) is 0 Å². The monoisotopic (exact) mass is 506 g/mol. The van der Waals surface area contributed by atoms with Gasteiger partial charge in [0.15, 0.2) is 0 Å². The molecule has 0 aliphatic rings. The Labute approximate surface area is 181 Å². The van der Waals surface area contributed by atoms with Gasteiger partial charge in [0.2, 0.25) is 0 Å². The minimum atomic E-state index is -0.338. The number of anilines is 1. The number of aryl methyl sites for hydroxylation is 1. The Morgan fingerprint density at radius 3 is 2.62 bits per heavy atom. The predicted octanol–water partition coefficient (Wildman–Crippen LogP) is 5.13. The summed E-state index contributed by atoms with van der Waals surface area (Å²) in [5.74, 6) is 1.11. The standard InChI is InChI=1S/C22H20FIN2O3/c1-3-4-9-28-21-12-22(27)26(2)13-17(21)16-11-15(25)6-8-19(16)29-20-7-5-14(23)10-18(20)24/h3,5-8,10-13H,1,4,9,25H2,2H3. The molecule has 0 bridgehead atoms. The van der Waals surface area contributed by atoms with E-state index in [4.69, 9.17) is 15.2 Å². The van der Waals surface area contributed by atoms with Gasteiger partial charge in [-0.05, 0) is 65.4 Å². The SMILES string of the molecule is C=CCCOc1cc(=O)n(C)cc1-c1cc(N)ccc1Oc1ccc(F)cc1I. The van der Waals surface area contributed by atoms with Crippen molar-refractivity contribution in [2.24, 2.45) is 7.05 Å². The molecule has 5 nitrogen and oxygen atoms in total. The Balaban J connectivity index is 2.10. The van der Waals surface area contributed by atoms with Crippen LogP contribution in [0.1, 0.15) is 6.42 Å². The Kier molecular flexibility index (Phi) is 6.58. The predicted molar refractivity (Wildman–Crippen MR) is 121 cm³/mol. The third-order valence-corrected chi connectivity index (χ3v) is 5.02. The topological polar surface area (TPSA) is 66.5 Å². The molecule has 0 saturated carbocycles. The van der Waals surface area contributed by atoms with Gasteiger partial charge in [0, 0.05) is 36.1 Å². The van der Waals surface area contributed by atoms with Gasteiger partial charge >= 0.3 is 0 Å². The van der Waals surface area contributed by atoms with E-state index in [1.165, 1.54) is 22.8 Å². The lowest BCUT2D eigenvalue weighted by Gasteiger charge is -2.17. The quantitative estimate of drug-likeness (QED) is 0.209. The zero-order valence-corrected chi connectivity index (χ0v) is 18.0. The number of ether oxygens (including phenoxy) is 2. The first-order valence-corrected chi connectivity index (χ1v) is 9.94. The lowest BCUT2D eigenvalue weighted by atomic mass is 10.0. The van der Waals surface area contributed by atoms with Gasteiger partial charge in [-0.15, -0.1) is 6.58 Å². The fourth-order valence-corrected chi connectivity index (χ4v) is 3.30. The van der Waals surface area contributed by atoms with Crippen molar-refractivity contribution < 1.29 is 13.9 Å². The van der Waals surface area contributed by atoms with E-state index in [9.17, 15) is 9.18 Å². The first-order valence-electron chi connectivity index (χ1n) is 8.86. The summed E-state index contributed by atoms with van der Waals surface area (Å²) in [4.78, 5) is 12.1. The molecule has 29 heavy (non-hydrogen) atoms. The molecule has 3 rings (SSSR count). The van der Waals surface area contributed by atoms with E-state index < -0.39 is 0 Å². The zero-order chi connectivity index (χ0) is 21.0. The Morgan fingerprint density at radius 2 is 1.90 bits per heavy atom. The molecule has 0 radical (unpaired) electrons. The summed E-state index contributed by atoms with van der Waals surface area (Å²) in [6.45, 7) is 4.07. The first kappa shape index (κ1) is 20.9. The van der Waals surface area contributed by atoms with Crippen LogP contribution in [0, 0.1) is 9.39 Å². The maximum atomic E-state index is 13.4. The van der Waals surface area contributed by atoms with Crippen molar-refractivity contribution in [2.45, 2.75) is 6.42 Å². The van der Waals surface area contributed by atoms with Gasteiger partial charge in [-0.1, -0.05) is 6.08 Å². The molecule has 2 aromatic carbocycles. The molecule has 0 fully saturated rings. The van der Waals surface area contributed by atoms with Crippen LogP contribution in [-0.4, -0.2) is 11.2 Å². The summed E-state index contributed by atoms with van der Waals surface area (Å²) in [7, 11) is 1.66. The zero-order valence-electron chi connectivity index (χ0n) is 15.8. The molecule has 0 atom stereocenters. The van der Waals surface area contributed by atoms with Crippen LogP contribution in [-0.2, 0) is 7.05 Å². The highest BCUT2D eigenvalue weighted by Crippen LogP contribution is 2.40. The first-order chi connectivity index (χ1) is 13.9. The largest absolute Gasteiger partial charge is 0.492 e. The van der Waals surface area contributed by atoms with Gasteiger partial charge < -0.3 is 19.8 Å². The summed E-state index contributed by atoms with van der Waals surface area (Å²) < 4.78 is 27.4. The number of nitrogen functional groups attached to an aromatic ring is 1. The Hall–Kier alpha value is -2.81. The summed E-state index contributed by atoms with van der Waals surface area (Å²) in [5.41, 5.74) is 7.68. The Morgan fingerprint density at radius 1 is 1.14 bits per heavy atom. The van der Waals surface area contributed by atoms with E-state index >= 15 is 0 Å². The van der Waals surface area contributed by atoms with Gasteiger partial charge in [0.1, 0.15) is 23.1 Å². The number of nitrogens with two attached hydrogens (primary N) is 1. The fourth-order valence-electron chi connectivity index (χ4n) is 2.71. The molecule has 0 saturated heterocycles. The average molecular weight is 506 g/mol. The summed E-state index contributed by atoms with van der Waals surface area (Å²) in [5, 5.41) is 0. The van der Waals surface area contributed by atoms with Crippen molar-refractivity contribution in [1.29, 1.82) is 0 Å². The van der Waals surface area contributed by atoms with Crippen LogP contribution in [0.4, 0.5) is 10.1 Å². The number of halogens is 2. The van der Waals surface area contributed by atoms with Crippen molar-refractivity contribution in [2.75, 3.05) is 12.3 Å². The molecule has 0 spiro atoms. The van der Waals surface area contributed by atoms with Crippen molar-refractivity contribution >= 4 is 28.3 Å². The highest BCUT2D eigenvalue weighted by atomic mass is 127. The summed E-state index contributed by atoms with van der Waals surface area (Å²) in [6.07, 6.45) is 4.07. The van der Waals surface area contributed by atoms with Crippen molar-refractivity contribution in [1.82, 2.24) is 4.57 Å². The number of hydrogen-bond donors (Lipinski definition) is 1. The molecule has 1 heterocycles. The highest BCUT2D eigenvalue weighted by molar-refractivity contribution is 14.1. The second kappa shape index (κ2) is 9.13. The normalized spacial score (nSPS) is 10.6. The lowest BCUT2D eigenvalue weighted by Crippen LogP contribution is -2.16.